The van der Waals surface area contributed by atoms with E-state index in [0.717, 1.165) is 19.0 Å². The Morgan fingerprint density at radius 2 is 1.88 bits per heavy atom. The molecule has 0 aliphatic rings. The van der Waals surface area contributed by atoms with Gasteiger partial charge in [0.25, 0.3) is 0 Å². The van der Waals surface area contributed by atoms with Gasteiger partial charge >= 0.3 is 0 Å². The van der Waals surface area contributed by atoms with E-state index in [9.17, 15) is 0 Å². The highest BCUT2D eigenvalue weighted by atomic mass is 127. The van der Waals surface area contributed by atoms with Crippen LogP contribution in [-0.4, -0.2) is 26.1 Å². The molecule has 1 rings (SSSR count). The lowest BCUT2D eigenvalue weighted by Crippen LogP contribution is -2.38. The van der Waals surface area contributed by atoms with Gasteiger partial charge in [-0.25, -0.2) is 0 Å². The van der Waals surface area contributed by atoms with Crippen LogP contribution in [0.15, 0.2) is 35.3 Å². The minimum absolute atomic E-state index is 0. The van der Waals surface area contributed by atoms with Gasteiger partial charge in [0.2, 0.25) is 0 Å². The van der Waals surface area contributed by atoms with Gasteiger partial charge in [0.15, 0.2) is 5.96 Å². The molecule has 0 saturated carbocycles. The second-order valence-electron chi connectivity index (χ2n) is 3.80. The number of halogens is 1. The van der Waals surface area contributed by atoms with Crippen molar-refractivity contribution in [3.8, 4) is 0 Å². The van der Waals surface area contributed by atoms with E-state index in [2.05, 4.69) is 53.7 Å². The van der Waals surface area contributed by atoms with Crippen LogP contribution in [0.1, 0.15) is 25.3 Å². The second kappa shape index (κ2) is 9.27. The fourth-order valence-corrected chi connectivity index (χ4v) is 1.54. The van der Waals surface area contributed by atoms with Crippen molar-refractivity contribution in [2.45, 2.75) is 19.8 Å². The van der Waals surface area contributed by atoms with E-state index in [1.165, 1.54) is 5.56 Å². The van der Waals surface area contributed by atoms with Gasteiger partial charge in [0.05, 0.1) is 0 Å². The number of aliphatic imine (C=N–C) groups is 1. The first kappa shape index (κ1) is 16.2. The summed E-state index contributed by atoms with van der Waals surface area (Å²) < 4.78 is 0. The third-order valence-electron chi connectivity index (χ3n) is 2.51. The molecule has 0 fully saturated rings. The first-order valence-corrected chi connectivity index (χ1v) is 5.77. The maximum absolute atomic E-state index is 4.14. The average Bonchev–Trinajstić information content (AvgIpc) is 2.35. The summed E-state index contributed by atoms with van der Waals surface area (Å²) in [5.74, 6) is 1.35. The molecule has 0 aromatic heterocycles. The topological polar surface area (TPSA) is 36.4 Å². The Kier molecular flexibility index (Phi) is 8.85. The van der Waals surface area contributed by atoms with E-state index in [1.54, 1.807) is 7.05 Å². The molecule has 2 N–H and O–H groups in total. The zero-order valence-electron chi connectivity index (χ0n) is 10.7. The van der Waals surface area contributed by atoms with Crippen LogP contribution >= 0.6 is 24.0 Å². The van der Waals surface area contributed by atoms with Gasteiger partial charge in [-0.3, -0.25) is 4.99 Å². The summed E-state index contributed by atoms with van der Waals surface area (Å²) in [4.78, 5) is 4.14. The molecule has 17 heavy (non-hydrogen) atoms. The van der Waals surface area contributed by atoms with Crippen LogP contribution in [0.5, 0.6) is 0 Å². The number of benzene rings is 1. The van der Waals surface area contributed by atoms with Crippen LogP contribution in [0.3, 0.4) is 0 Å². The van der Waals surface area contributed by atoms with Crippen LogP contribution < -0.4 is 10.6 Å². The van der Waals surface area contributed by atoms with E-state index in [1.807, 2.05) is 6.07 Å². The van der Waals surface area contributed by atoms with Gasteiger partial charge in [-0.05, 0) is 18.4 Å². The highest BCUT2D eigenvalue weighted by Gasteiger charge is 2.05. The molecule has 0 radical (unpaired) electrons. The van der Waals surface area contributed by atoms with Crippen molar-refractivity contribution in [3.05, 3.63) is 35.9 Å². The molecule has 1 unspecified atom stereocenters. The second-order valence-corrected chi connectivity index (χ2v) is 3.80. The Labute approximate surface area is 121 Å². The molecule has 1 aromatic carbocycles. The van der Waals surface area contributed by atoms with Crippen molar-refractivity contribution in [3.63, 3.8) is 0 Å². The van der Waals surface area contributed by atoms with E-state index in [0.29, 0.717) is 5.92 Å². The molecule has 4 heteroatoms. The molecular formula is C13H22IN3. The summed E-state index contributed by atoms with van der Waals surface area (Å²) in [6, 6.07) is 10.5. The number of guanidine groups is 1. The lowest BCUT2D eigenvalue weighted by atomic mass is 10.0. The average molecular weight is 347 g/mol. The Balaban J connectivity index is 0.00000256. The van der Waals surface area contributed by atoms with Crippen molar-refractivity contribution in [2.24, 2.45) is 4.99 Å². The first-order valence-electron chi connectivity index (χ1n) is 5.77. The van der Waals surface area contributed by atoms with Gasteiger partial charge in [0, 0.05) is 20.1 Å². The molecular weight excluding hydrogens is 325 g/mol. The summed E-state index contributed by atoms with van der Waals surface area (Å²) in [7, 11) is 1.79. The molecule has 1 aromatic rings. The minimum atomic E-state index is 0. The fourth-order valence-electron chi connectivity index (χ4n) is 1.54. The Morgan fingerprint density at radius 3 is 2.41 bits per heavy atom. The smallest absolute Gasteiger partial charge is 0.190 e. The molecule has 0 bridgehead atoms. The SMILES string of the molecule is CCNC(=NC)NCC(C)c1ccccc1.I. The first-order chi connectivity index (χ1) is 7.77. The molecule has 0 amide bonds. The van der Waals surface area contributed by atoms with Gasteiger partial charge < -0.3 is 10.6 Å². The van der Waals surface area contributed by atoms with E-state index < -0.39 is 0 Å². The maximum Gasteiger partial charge on any atom is 0.190 e. The predicted molar refractivity (Wildman–Crippen MR) is 85.3 cm³/mol. The minimum Gasteiger partial charge on any atom is -0.357 e. The molecule has 0 aliphatic carbocycles. The highest BCUT2D eigenvalue weighted by Crippen LogP contribution is 2.12. The zero-order chi connectivity index (χ0) is 11.8. The van der Waals surface area contributed by atoms with E-state index >= 15 is 0 Å². The third kappa shape index (κ3) is 5.91. The lowest BCUT2D eigenvalue weighted by molar-refractivity contribution is 0.702. The van der Waals surface area contributed by atoms with Gasteiger partial charge in [-0.15, -0.1) is 24.0 Å². The Hall–Kier alpha value is -0.780. The maximum atomic E-state index is 4.14. The summed E-state index contributed by atoms with van der Waals surface area (Å²) in [6.07, 6.45) is 0. The van der Waals surface area contributed by atoms with E-state index in [4.69, 9.17) is 0 Å². The number of nitrogens with one attached hydrogen (secondary N) is 2. The van der Waals surface area contributed by atoms with Gasteiger partial charge in [-0.2, -0.15) is 0 Å². The van der Waals surface area contributed by atoms with Crippen LogP contribution in [0, 0.1) is 0 Å². The van der Waals surface area contributed by atoms with Crippen LogP contribution in [0.25, 0.3) is 0 Å². The van der Waals surface area contributed by atoms with Crippen molar-refractivity contribution < 1.29 is 0 Å². The number of hydrogen-bond acceptors (Lipinski definition) is 1. The van der Waals surface area contributed by atoms with Gasteiger partial charge in [0.1, 0.15) is 0 Å². The quantitative estimate of drug-likeness (QED) is 0.499. The molecule has 3 nitrogen and oxygen atoms in total. The Morgan fingerprint density at radius 1 is 1.24 bits per heavy atom. The number of nitrogens with zero attached hydrogens (tertiary/aromatic N) is 1. The Bertz CT molecular complexity index is 325. The van der Waals surface area contributed by atoms with Crippen molar-refractivity contribution in [2.75, 3.05) is 20.1 Å². The van der Waals surface area contributed by atoms with Crippen molar-refractivity contribution >= 4 is 29.9 Å². The number of hydrogen-bond donors (Lipinski definition) is 2. The summed E-state index contributed by atoms with van der Waals surface area (Å²) in [5.41, 5.74) is 1.35. The van der Waals surface area contributed by atoms with Crippen molar-refractivity contribution in [1.82, 2.24) is 10.6 Å². The lowest BCUT2D eigenvalue weighted by Gasteiger charge is -2.15. The molecule has 0 aliphatic heterocycles. The molecule has 0 heterocycles. The molecule has 1 atom stereocenters. The monoisotopic (exact) mass is 347 g/mol. The number of rotatable bonds is 4. The molecule has 0 saturated heterocycles. The van der Waals surface area contributed by atoms with Crippen LogP contribution in [0.2, 0.25) is 0 Å². The summed E-state index contributed by atoms with van der Waals surface area (Å²) in [6.45, 7) is 6.05. The van der Waals surface area contributed by atoms with Crippen LogP contribution in [-0.2, 0) is 0 Å². The van der Waals surface area contributed by atoms with Crippen LogP contribution in [0.4, 0.5) is 0 Å². The van der Waals surface area contributed by atoms with Gasteiger partial charge in [-0.1, -0.05) is 37.3 Å². The predicted octanol–water partition coefficient (Wildman–Crippen LogP) is 2.59. The zero-order valence-corrected chi connectivity index (χ0v) is 13.1. The molecule has 96 valence electrons. The highest BCUT2D eigenvalue weighted by molar-refractivity contribution is 14.0. The summed E-state index contributed by atoms with van der Waals surface area (Å²) >= 11 is 0. The molecule has 0 spiro atoms. The fraction of sp³-hybridized carbons (Fsp3) is 0.462. The van der Waals surface area contributed by atoms with Crippen molar-refractivity contribution in [1.29, 1.82) is 0 Å². The summed E-state index contributed by atoms with van der Waals surface area (Å²) in [5, 5.41) is 6.49. The standard InChI is InChI=1S/C13H21N3.HI/c1-4-15-13(14-3)16-10-11(2)12-8-6-5-7-9-12;/h5-9,11H,4,10H2,1-3H3,(H2,14,15,16);1H. The third-order valence-corrected chi connectivity index (χ3v) is 2.51. The largest absolute Gasteiger partial charge is 0.357 e. The normalized spacial score (nSPS) is 12.5. The van der Waals surface area contributed by atoms with E-state index in [-0.39, 0.29) is 24.0 Å².